The summed E-state index contributed by atoms with van der Waals surface area (Å²) in [7, 11) is 0. The molecule has 0 radical (unpaired) electrons. The Morgan fingerprint density at radius 2 is 1.52 bits per heavy atom. The van der Waals surface area contributed by atoms with Crippen molar-refractivity contribution in [3.05, 3.63) is 71.3 Å². The number of hydrogen-bond acceptors (Lipinski definition) is 3. The highest BCUT2D eigenvalue weighted by Crippen LogP contribution is 2.10. The first-order valence-corrected chi connectivity index (χ1v) is 8.82. The number of nitrogens with one attached hydrogen (secondary N) is 2. The predicted octanol–water partition coefficient (Wildman–Crippen LogP) is 1.26. The van der Waals surface area contributed by atoms with Gasteiger partial charge in [0.1, 0.15) is 12.1 Å². The van der Waals surface area contributed by atoms with Gasteiger partial charge in [-0.25, -0.2) is 0 Å². The minimum atomic E-state index is -0.856. The standard InChI is InChI=1S/C21H25N3O3/c1-14-8-6-7-11-17(14)13-18(20(22)26)24-21(27)19(23-15(2)25)12-16-9-4-3-5-10-16/h3-11,18-19H,12-13H2,1-2H3,(H2,22,26)(H,23,25)(H,24,27)/t18-,19-/m0/s1. The van der Waals surface area contributed by atoms with Crippen molar-refractivity contribution in [2.24, 2.45) is 5.73 Å². The van der Waals surface area contributed by atoms with E-state index in [-0.39, 0.29) is 5.91 Å². The third-order valence-electron chi connectivity index (χ3n) is 4.32. The summed E-state index contributed by atoms with van der Waals surface area (Å²) < 4.78 is 0. The molecule has 2 aromatic carbocycles. The summed E-state index contributed by atoms with van der Waals surface area (Å²) in [5.74, 6) is -1.38. The molecule has 0 saturated heterocycles. The van der Waals surface area contributed by atoms with Crippen LogP contribution in [-0.2, 0) is 27.2 Å². The van der Waals surface area contributed by atoms with E-state index >= 15 is 0 Å². The van der Waals surface area contributed by atoms with E-state index in [1.807, 2.05) is 61.5 Å². The highest BCUT2D eigenvalue weighted by atomic mass is 16.2. The molecule has 2 rings (SSSR count). The molecule has 4 N–H and O–H groups in total. The Hall–Kier alpha value is -3.15. The third kappa shape index (κ3) is 6.26. The second-order valence-corrected chi connectivity index (χ2v) is 6.54. The summed E-state index contributed by atoms with van der Waals surface area (Å²) in [6.45, 7) is 3.29. The van der Waals surface area contributed by atoms with E-state index in [1.54, 1.807) is 0 Å². The highest BCUT2D eigenvalue weighted by Gasteiger charge is 2.25. The van der Waals surface area contributed by atoms with Crippen LogP contribution in [0.5, 0.6) is 0 Å². The van der Waals surface area contributed by atoms with Crippen molar-refractivity contribution in [2.75, 3.05) is 0 Å². The molecule has 0 bridgehead atoms. The first kappa shape index (κ1) is 20.2. The Morgan fingerprint density at radius 3 is 2.11 bits per heavy atom. The molecule has 0 unspecified atom stereocenters. The van der Waals surface area contributed by atoms with Crippen molar-refractivity contribution >= 4 is 17.7 Å². The van der Waals surface area contributed by atoms with Gasteiger partial charge in [-0.2, -0.15) is 0 Å². The summed E-state index contributed by atoms with van der Waals surface area (Å²) >= 11 is 0. The molecule has 0 aliphatic rings. The summed E-state index contributed by atoms with van der Waals surface area (Å²) in [6, 6.07) is 15.3. The number of aryl methyl sites for hydroxylation is 1. The number of carbonyl (C=O) groups excluding carboxylic acids is 3. The van der Waals surface area contributed by atoms with Crippen molar-refractivity contribution in [3.8, 4) is 0 Å². The molecule has 0 spiro atoms. The average Bonchev–Trinajstić information content (AvgIpc) is 2.62. The van der Waals surface area contributed by atoms with E-state index in [2.05, 4.69) is 10.6 Å². The Bertz CT molecular complexity index is 805. The second-order valence-electron chi connectivity index (χ2n) is 6.54. The van der Waals surface area contributed by atoms with Crippen LogP contribution >= 0.6 is 0 Å². The number of primary amides is 1. The Morgan fingerprint density at radius 1 is 0.889 bits per heavy atom. The van der Waals surface area contributed by atoms with Gasteiger partial charge in [-0.05, 0) is 23.6 Å². The minimum Gasteiger partial charge on any atom is -0.368 e. The maximum Gasteiger partial charge on any atom is 0.243 e. The van der Waals surface area contributed by atoms with E-state index in [0.29, 0.717) is 12.8 Å². The molecule has 0 aliphatic carbocycles. The molecule has 6 heteroatoms. The van der Waals surface area contributed by atoms with Crippen molar-refractivity contribution in [3.63, 3.8) is 0 Å². The van der Waals surface area contributed by atoms with Gasteiger partial charge in [0.2, 0.25) is 17.7 Å². The summed E-state index contributed by atoms with van der Waals surface area (Å²) in [5.41, 5.74) is 8.35. The van der Waals surface area contributed by atoms with Gasteiger partial charge in [0, 0.05) is 19.8 Å². The minimum absolute atomic E-state index is 0.297. The van der Waals surface area contributed by atoms with Crippen LogP contribution in [0.1, 0.15) is 23.6 Å². The number of carbonyl (C=O) groups is 3. The van der Waals surface area contributed by atoms with Gasteiger partial charge in [-0.1, -0.05) is 54.6 Å². The molecular weight excluding hydrogens is 342 g/mol. The van der Waals surface area contributed by atoms with Crippen LogP contribution in [0.25, 0.3) is 0 Å². The largest absolute Gasteiger partial charge is 0.368 e. The maximum atomic E-state index is 12.7. The molecule has 0 heterocycles. The van der Waals surface area contributed by atoms with Crippen molar-refractivity contribution in [1.82, 2.24) is 10.6 Å². The normalized spacial score (nSPS) is 12.7. The van der Waals surface area contributed by atoms with E-state index in [1.165, 1.54) is 6.92 Å². The lowest BCUT2D eigenvalue weighted by molar-refractivity contribution is -0.130. The van der Waals surface area contributed by atoms with Crippen LogP contribution in [0.3, 0.4) is 0 Å². The zero-order valence-corrected chi connectivity index (χ0v) is 15.6. The lowest BCUT2D eigenvalue weighted by Crippen LogP contribution is -2.54. The molecule has 3 amide bonds. The van der Waals surface area contributed by atoms with Crippen molar-refractivity contribution in [2.45, 2.75) is 38.8 Å². The van der Waals surface area contributed by atoms with Gasteiger partial charge in [0.25, 0.3) is 0 Å². The molecule has 0 saturated carbocycles. The Labute approximate surface area is 159 Å². The van der Waals surface area contributed by atoms with Crippen LogP contribution in [0.15, 0.2) is 54.6 Å². The summed E-state index contributed by atoms with van der Waals surface area (Å²) in [4.78, 5) is 36.1. The fourth-order valence-corrected chi connectivity index (χ4v) is 2.86. The van der Waals surface area contributed by atoms with Crippen molar-refractivity contribution in [1.29, 1.82) is 0 Å². The van der Waals surface area contributed by atoms with Crippen LogP contribution in [0.4, 0.5) is 0 Å². The molecule has 0 aliphatic heterocycles. The van der Waals surface area contributed by atoms with E-state index in [9.17, 15) is 14.4 Å². The SMILES string of the molecule is CC(=O)N[C@@H](Cc1ccccc1)C(=O)N[C@@H](Cc1ccccc1C)C(N)=O. The summed E-state index contributed by atoms with van der Waals surface area (Å²) in [5, 5.41) is 5.33. The number of rotatable bonds is 8. The van der Waals surface area contributed by atoms with Crippen molar-refractivity contribution < 1.29 is 14.4 Å². The Balaban J connectivity index is 2.13. The van der Waals surface area contributed by atoms with Gasteiger partial charge in [0.05, 0.1) is 0 Å². The zero-order valence-electron chi connectivity index (χ0n) is 15.6. The van der Waals surface area contributed by atoms with E-state index < -0.39 is 23.9 Å². The van der Waals surface area contributed by atoms with Gasteiger partial charge >= 0.3 is 0 Å². The average molecular weight is 367 g/mol. The smallest absolute Gasteiger partial charge is 0.243 e. The molecule has 2 atom stereocenters. The Kier molecular flexibility index (Phi) is 7.11. The quantitative estimate of drug-likeness (QED) is 0.654. The van der Waals surface area contributed by atoms with Gasteiger partial charge in [-0.3, -0.25) is 14.4 Å². The van der Waals surface area contributed by atoms with Crippen LogP contribution in [0, 0.1) is 6.92 Å². The third-order valence-corrected chi connectivity index (χ3v) is 4.32. The molecule has 27 heavy (non-hydrogen) atoms. The molecule has 0 aromatic heterocycles. The van der Waals surface area contributed by atoms with E-state index in [0.717, 1.165) is 16.7 Å². The maximum absolute atomic E-state index is 12.7. The topological polar surface area (TPSA) is 101 Å². The number of hydrogen-bond donors (Lipinski definition) is 3. The van der Waals surface area contributed by atoms with Gasteiger partial charge < -0.3 is 16.4 Å². The number of amides is 3. The first-order chi connectivity index (χ1) is 12.9. The fraction of sp³-hybridized carbons (Fsp3) is 0.286. The predicted molar refractivity (Wildman–Crippen MR) is 104 cm³/mol. The first-order valence-electron chi connectivity index (χ1n) is 8.82. The number of nitrogens with two attached hydrogens (primary N) is 1. The van der Waals surface area contributed by atoms with Gasteiger partial charge in [0.15, 0.2) is 0 Å². The van der Waals surface area contributed by atoms with Crippen LogP contribution in [-0.4, -0.2) is 29.8 Å². The summed E-state index contributed by atoms with van der Waals surface area (Å²) in [6.07, 6.45) is 0.619. The molecule has 6 nitrogen and oxygen atoms in total. The zero-order chi connectivity index (χ0) is 19.8. The van der Waals surface area contributed by atoms with Gasteiger partial charge in [-0.15, -0.1) is 0 Å². The molecule has 0 fully saturated rings. The lowest BCUT2D eigenvalue weighted by atomic mass is 9.99. The second kappa shape index (κ2) is 9.52. The van der Waals surface area contributed by atoms with Crippen LogP contribution < -0.4 is 16.4 Å². The molecule has 142 valence electrons. The van der Waals surface area contributed by atoms with Crippen LogP contribution in [0.2, 0.25) is 0 Å². The molecular formula is C21H25N3O3. The fourth-order valence-electron chi connectivity index (χ4n) is 2.86. The lowest BCUT2D eigenvalue weighted by Gasteiger charge is -2.22. The highest BCUT2D eigenvalue weighted by molar-refractivity contribution is 5.91. The molecule has 2 aromatic rings. The van der Waals surface area contributed by atoms with E-state index in [4.69, 9.17) is 5.73 Å². The monoisotopic (exact) mass is 367 g/mol. The number of benzene rings is 2.